The van der Waals surface area contributed by atoms with Crippen molar-refractivity contribution < 1.29 is 18.0 Å². The Hall–Kier alpha value is -3.32. The number of nitrogens with zero attached hydrogens (tertiary/aromatic N) is 4. The van der Waals surface area contributed by atoms with Crippen LogP contribution in [0.4, 0.5) is 13.2 Å². The number of hydrogen-bond acceptors (Lipinski definition) is 4. The monoisotopic (exact) mass is 423 g/mol. The van der Waals surface area contributed by atoms with Crippen LogP contribution in [0.25, 0.3) is 5.65 Å². The summed E-state index contributed by atoms with van der Waals surface area (Å²) < 4.78 is 41.7. The fraction of sp³-hybridized carbons (Fsp3) is 0.222. The molecule has 7 nitrogen and oxygen atoms in total. The van der Waals surface area contributed by atoms with Crippen LogP contribution in [0.1, 0.15) is 27.9 Å². The number of rotatable bonds is 5. The van der Waals surface area contributed by atoms with Gasteiger partial charge in [-0.2, -0.15) is 18.4 Å². The second-order valence-electron chi connectivity index (χ2n) is 6.04. The lowest BCUT2D eigenvalue weighted by Gasteiger charge is -2.14. The van der Waals surface area contributed by atoms with E-state index in [2.05, 4.69) is 10.4 Å². The highest BCUT2D eigenvalue weighted by Crippen LogP contribution is 2.33. The number of alkyl halides is 3. The second kappa shape index (κ2) is 7.97. The molecule has 3 rings (SSSR count). The predicted molar refractivity (Wildman–Crippen MR) is 97.3 cm³/mol. The molecule has 0 radical (unpaired) electrons. The first-order valence-corrected chi connectivity index (χ1v) is 8.68. The first-order valence-electron chi connectivity index (χ1n) is 8.30. The molecule has 3 aromatic rings. The minimum absolute atomic E-state index is 0.0642. The van der Waals surface area contributed by atoms with E-state index >= 15 is 0 Å². The Morgan fingerprint density at radius 2 is 2.03 bits per heavy atom. The second-order valence-corrected chi connectivity index (χ2v) is 6.48. The third-order valence-corrected chi connectivity index (χ3v) is 4.33. The maximum atomic E-state index is 13.1. The molecule has 1 amide bonds. The van der Waals surface area contributed by atoms with Crippen LogP contribution in [-0.2, 0) is 19.3 Å². The summed E-state index contributed by atoms with van der Waals surface area (Å²) in [4.78, 5) is 24.6. The number of fused-ring (bicyclic) bond motifs is 1. The van der Waals surface area contributed by atoms with Crippen molar-refractivity contribution in [3.05, 3.63) is 68.7 Å². The van der Waals surface area contributed by atoms with Crippen molar-refractivity contribution >= 4 is 23.2 Å². The smallest absolute Gasteiger partial charge is 0.348 e. The minimum atomic E-state index is -4.62. The highest BCUT2D eigenvalue weighted by Gasteiger charge is 2.33. The maximum Gasteiger partial charge on any atom is 0.416 e. The molecule has 0 fully saturated rings. The summed E-state index contributed by atoms with van der Waals surface area (Å²) in [6.45, 7) is -0.269. The molecular weight excluding hydrogens is 411 g/mol. The Morgan fingerprint density at radius 1 is 1.28 bits per heavy atom. The SMILES string of the molecule is N#CCCn1nc2ccc(C(=O)NCc3ccc(Cl)cc3C(F)(F)F)cn2c1=O. The van der Waals surface area contributed by atoms with Gasteiger partial charge >= 0.3 is 11.9 Å². The van der Waals surface area contributed by atoms with Gasteiger partial charge in [0.05, 0.1) is 30.2 Å². The summed E-state index contributed by atoms with van der Waals surface area (Å²) in [5.41, 5.74) is -1.25. The van der Waals surface area contributed by atoms with Crippen LogP contribution in [0.3, 0.4) is 0 Å². The number of amides is 1. The number of pyridine rings is 1. The third-order valence-electron chi connectivity index (χ3n) is 4.09. The number of hydrogen-bond donors (Lipinski definition) is 1. The average molecular weight is 424 g/mol. The van der Waals surface area contributed by atoms with E-state index in [-0.39, 0.29) is 41.3 Å². The number of halogens is 4. The van der Waals surface area contributed by atoms with Crippen molar-refractivity contribution in [2.45, 2.75) is 25.7 Å². The molecule has 0 aliphatic rings. The van der Waals surface area contributed by atoms with Crippen molar-refractivity contribution in [1.82, 2.24) is 19.5 Å². The number of carbonyl (C=O) groups is 1. The molecule has 150 valence electrons. The van der Waals surface area contributed by atoms with E-state index in [1.54, 1.807) is 0 Å². The van der Waals surface area contributed by atoms with Crippen LogP contribution in [0.15, 0.2) is 41.3 Å². The summed E-state index contributed by atoms with van der Waals surface area (Å²) >= 11 is 5.64. The maximum absolute atomic E-state index is 13.1. The summed E-state index contributed by atoms with van der Waals surface area (Å²) in [5, 5.41) is 15.0. The van der Waals surface area contributed by atoms with E-state index in [0.717, 1.165) is 15.1 Å². The topological polar surface area (TPSA) is 92.2 Å². The minimum Gasteiger partial charge on any atom is -0.348 e. The molecule has 0 aliphatic carbocycles. The van der Waals surface area contributed by atoms with Gasteiger partial charge in [0.1, 0.15) is 0 Å². The predicted octanol–water partition coefficient (Wildman–Crippen LogP) is 3.01. The standard InChI is InChI=1S/C18H13ClF3N5O2/c19-13-4-2-11(14(8-13)18(20,21)22)9-24-16(28)12-3-5-15-25-27(7-1-6-23)17(29)26(15)10-12/h2-5,8,10H,1,7,9H2,(H,24,28). The Bertz CT molecular complexity index is 1180. The highest BCUT2D eigenvalue weighted by molar-refractivity contribution is 6.30. The average Bonchev–Trinajstić information content (AvgIpc) is 2.99. The zero-order chi connectivity index (χ0) is 21.2. The number of nitriles is 1. The van der Waals surface area contributed by atoms with Crippen LogP contribution in [0.5, 0.6) is 0 Å². The zero-order valence-electron chi connectivity index (χ0n) is 14.7. The zero-order valence-corrected chi connectivity index (χ0v) is 15.5. The van der Waals surface area contributed by atoms with Gasteiger partial charge in [0, 0.05) is 17.8 Å². The van der Waals surface area contributed by atoms with Crippen molar-refractivity contribution in [2.75, 3.05) is 0 Å². The molecule has 0 saturated heterocycles. The van der Waals surface area contributed by atoms with Crippen LogP contribution in [0.2, 0.25) is 5.02 Å². The van der Waals surface area contributed by atoms with E-state index < -0.39 is 23.3 Å². The highest BCUT2D eigenvalue weighted by atomic mass is 35.5. The quantitative estimate of drug-likeness (QED) is 0.682. The molecule has 0 spiro atoms. The lowest BCUT2D eigenvalue weighted by atomic mass is 10.1. The molecule has 0 bridgehead atoms. The lowest BCUT2D eigenvalue weighted by Crippen LogP contribution is -2.26. The Morgan fingerprint density at radius 3 is 2.72 bits per heavy atom. The first kappa shape index (κ1) is 20.4. The van der Waals surface area contributed by atoms with Crippen LogP contribution >= 0.6 is 11.6 Å². The van der Waals surface area contributed by atoms with Gasteiger partial charge in [0.2, 0.25) is 0 Å². The fourth-order valence-electron chi connectivity index (χ4n) is 2.70. The van der Waals surface area contributed by atoms with Gasteiger partial charge in [-0.15, -0.1) is 5.10 Å². The normalized spacial score (nSPS) is 11.4. The van der Waals surface area contributed by atoms with Gasteiger partial charge in [0.25, 0.3) is 5.91 Å². The molecular formula is C18H13ClF3N5O2. The van der Waals surface area contributed by atoms with Crippen molar-refractivity contribution in [3.8, 4) is 6.07 Å². The van der Waals surface area contributed by atoms with Crippen molar-refractivity contribution in [2.24, 2.45) is 0 Å². The van der Waals surface area contributed by atoms with E-state index in [4.69, 9.17) is 16.9 Å². The largest absolute Gasteiger partial charge is 0.416 e. The molecule has 29 heavy (non-hydrogen) atoms. The molecule has 0 unspecified atom stereocenters. The number of carbonyl (C=O) groups excluding carboxylic acids is 1. The number of benzene rings is 1. The summed E-state index contributed by atoms with van der Waals surface area (Å²) in [7, 11) is 0. The van der Waals surface area contributed by atoms with E-state index in [0.29, 0.717) is 0 Å². The lowest BCUT2D eigenvalue weighted by molar-refractivity contribution is -0.138. The fourth-order valence-corrected chi connectivity index (χ4v) is 2.87. The van der Waals surface area contributed by atoms with E-state index in [1.165, 1.54) is 30.5 Å². The van der Waals surface area contributed by atoms with Gasteiger partial charge in [-0.25, -0.2) is 13.9 Å². The van der Waals surface area contributed by atoms with Crippen molar-refractivity contribution in [1.29, 1.82) is 5.26 Å². The molecule has 1 N–H and O–H groups in total. The molecule has 0 saturated carbocycles. The number of nitrogens with one attached hydrogen (secondary N) is 1. The molecule has 1 aromatic carbocycles. The Balaban J connectivity index is 1.82. The van der Waals surface area contributed by atoms with Gasteiger partial charge in [0.15, 0.2) is 5.65 Å². The summed E-state index contributed by atoms with van der Waals surface area (Å²) in [5.74, 6) is -0.661. The van der Waals surface area contributed by atoms with Gasteiger partial charge in [-0.05, 0) is 29.8 Å². The number of aromatic nitrogens is 3. The van der Waals surface area contributed by atoms with Crippen LogP contribution in [-0.4, -0.2) is 20.1 Å². The van der Waals surface area contributed by atoms with Crippen LogP contribution < -0.4 is 11.0 Å². The van der Waals surface area contributed by atoms with Crippen molar-refractivity contribution in [3.63, 3.8) is 0 Å². The van der Waals surface area contributed by atoms with Gasteiger partial charge < -0.3 is 5.32 Å². The molecule has 0 aliphatic heterocycles. The van der Waals surface area contributed by atoms with Crippen LogP contribution in [0, 0.1) is 11.3 Å². The third kappa shape index (κ3) is 4.41. The number of aryl methyl sites for hydroxylation is 1. The van der Waals surface area contributed by atoms with Gasteiger partial charge in [-0.3, -0.25) is 4.79 Å². The van der Waals surface area contributed by atoms with Gasteiger partial charge in [-0.1, -0.05) is 17.7 Å². The summed E-state index contributed by atoms with van der Waals surface area (Å²) in [6, 6.07) is 8.03. The molecule has 0 atom stereocenters. The molecule has 2 aromatic heterocycles. The molecule has 2 heterocycles. The molecule has 11 heteroatoms. The first-order chi connectivity index (χ1) is 13.7. The Kier molecular flexibility index (Phi) is 5.61. The van der Waals surface area contributed by atoms with E-state index in [9.17, 15) is 22.8 Å². The summed E-state index contributed by atoms with van der Waals surface area (Å²) in [6.07, 6.45) is -3.27. The van der Waals surface area contributed by atoms with E-state index in [1.807, 2.05) is 6.07 Å². The Labute approximate surface area is 166 Å².